The van der Waals surface area contributed by atoms with E-state index in [1.807, 2.05) is 18.4 Å². The molecule has 0 saturated carbocycles. The first-order valence-electron chi connectivity index (χ1n) is 8.96. The van der Waals surface area contributed by atoms with Gasteiger partial charge in [-0.15, -0.1) is 0 Å². The topological polar surface area (TPSA) is 68.5 Å². The van der Waals surface area contributed by atoms with Gasteiger partial charge in [-0.1, -0.05) is 29.0 Å². The van der Waals surface area contributed by atoms with E-state index in [0.29, 0.717) is 11.3 Å². The number of rotatable bonds is 6. The van der Waals surface area contributed by atoms with E-state index >= 15 is 0 Å². The normalized spacial score (nSPS) is 12.6. The Morgan fingerprint density at radius 2 is 1.89 bits per heavy atom. The molecule has 1 heterocycles. The smallest absolute Gasteiger partial charge is 0.248 e. The van der Waals surface area contributed by atoms with Crippen LogP contribution in [0.25, 0.3) is 10.2 Å². The Balaban J connectivity index is 1.72. The van der Waals surface area contributed by atoms with Gasteiger partial charge in [-0.25, -0.2) is 12.8 Å². The molecular formula is C20H21FN2O3S2. The highest BCUT2D eigenvalue weighted by Gasteiger charge is 2.15. The first-order chi connectivity index (χ1) is 13.3. The maximum Gasteiger partial charge on any atom is 0.248 e. The van der Waals surface area contributed by atoms with E-state index in [2.05, 4.69) is 4.99 Å². The molecule has 0 radical (unpaired) electrons. The van der Waals surface area contributed by atoms with Crippen molar-refractivity contribution in [3.63, 3.8) is 0 Å². The molecular weight excluding hydrogens is 399 g/mol. The quantitative estimate of drug-likeness (QED) is 0.608. The van der Waals surface area contributed by atoms with Crippen LogP contribution >= 0.6 is 11.3 Å². The lowest BCUT2D eigenvalue weighted by Gasteiger charge is -2.04. The number of carbonyl (C=O) groups is 1. The molecule has 1 aromatic heterocycles. The third kappa shape index (κ3) is 4.56. The van der Waals surface area contributed by atoms with Crippen LogP contribution in [0.3, 0.4) is 0 Å². The summed E-state index contributed by atoms with van der Waals surface area (Å²) in [6.45, 7) is 4.41. The second-order valence-corrected chi connectivity index (χ2v) is 9.60. The third-order valence-electron chi connectivity index (χ3n) is 4.37. The predicted molar refractivity (Wildman–Crippen MR) is 108 cm³/mol. The van der Waals surface area contributed by atoms with Crippen molar-refractivity contribution < 1.29 is 17.6 Å². The minimum atomic E-state index is -3.42. The summed E-state index contributed by atoms with van der Waals surface area (Å²) in [5, 5.41) is 0. The van der Waals surface area contributed by atoms with Crippen molar-refractivity contribution in [1.29, 1.82) is 0 Å². The Bertz CT molecular complexity index is 1180. The number of hydrogen-bond acceptors (Lipinski definition) is 4. The highest BCUT2D eigenvalue weighted by Crippen LogP contribution is 2.19. The third-order valence-corrected chi connectivity index (χ3v) is 7.22. The Kier molecular flexibility index (Phi) is 6.10. The number of carbonyl (C=O) groups excluding carboxylic acids is 1. The molecule has 8 heteroatoms. The first-order valence-corrected chi connectivity index (χ1v) is 11.4. The molecule has 3 aromatic rings. The highest BCUT2D eigenvalue weighted by atomic mass is 32.2. The standard InChI is InChI=1S/C20H21FN2O3S2/c1-3-23-17-11-8-15(21)13-18(17)27-20(23)22-19(24)5-4-12-28(25,26)16-9-6-14(2)7-10-16/h6-11,13H,3-5,12H2,1-2H3. The van der Waals surface area contributed by atoms with Crippen molar-refractivity contribution in [3.8, 4) is 0 Å². The van der Waals surface area contributed by atoms with Gasteiger partial charge >= 0.3 is 0 Å². The number of halogens is 1. The van der Waals surface area contributed by atoms with Crippen molar-refractivity contribution in [2.24, 2.45) is 4.99 Å². The van der Waals surface area contributed by atoms with Crippen LogP contribution < -0.4 is 4.80 Å². The molecule has 148 valence electrons. The van der Waals surface area contributed by atoms with E-state index in [4.69, 9.17) is 0 Å². The lowest BCUT2D eigenvalue weighted by atomic mass is 10.2. The van der Waals surface area contributed by atoms with Crippen molar-refractivity contribution in [2.75, 3.05) is 5.75 Å². The van der Waals surface area contributed by atoms with Crippen LogP contribution in [0.4, 0.5) is 4.39 Å². The number of benzene rings is 2. The summed E-state index contributed by atoms with van der Waals surface area (Å²) in [7, 11) is -3.42. The summed E-state index contributed by atoms with van der Waals surface area (Å²) in [4.78, 5) is 17.1. The number of sulfone groups is 1. The van der Waals surface area contributed by atoms with E-state index in [-0.39, 0.29) is 35.2 Å². The number of hydrogen-bond donors (Lipinski definition) is 0. The Hall–Kier alpha value is -2.32. The average Bonchev–Trinajstić information content (AvgIpc) is 2.97. The molecule has 0 bridgehead atoms. The van der Waals surface area contributed by atoms with Gasteiger partial charge in [0.25, 0.3) is 0 Å². The van der Waals surface area contributed by atoms with Gasteiger partial charge in [0, 0.05) is 13.0 Å². The Morgan fingerprint density at radius 3 is 2.57 bits per heavy atom. The first kappa shape index (κ1) is 20.4. The molecule has 0 atom stereocenters. The monoisotopic (exact) mass is 420 g/mol. The molecule has 0 unspecified atom stereocenters. The maximum absolute atomic E-state index is 13.4. The van der Waals surface area contributed by atoms with Gasteiger partial charge in [0.05, 0.1) is 20.9 Å². The fourth-order valence-electron chi connectivity index (χ4n) is 2.88. The van der Waals surface area contributed by atoms with Gasteiger partial charge in [0.2, 0.25) is 5.91 Å². The number of amides is 1. The number of aryl methyl sites for hydroxylation is 2. The van der Waals surface area contributed by atoms with Crippen molar-refractivity contribution in [3.05, 3.63) is 58.6 Å². The van der Waals surface area contributed by atoms with E-state index in [0.717, 1.165) is 15.8 Å². The second kappa shape index (κ2) is 8.36. The molecule has 0 fully saturated rings. The number of fused-ring (bicyclic) bond motifs is 1. The molecule has 2 aromatic carbocycles. The van der Waals surface area contributed by atoms with E-state index < -0.39 is 9.84 Å². The van der Waals surface area contributed by atoms with Crippen molar-refractivity contribution >= 4 is 37.3 Å². The maximum atomic E-state index is 13.4. The minimum Gasteiger partial charge on any atom is -0.317 e. The lowest BCUT2D eigenvalue weighted by Crippen LogP contribution is -2.16. The van der Waals surface area contributed by atoms with Crippen LogP contribution in [-0.4, -0.2) is 24.6 Å². The molecule has 5 nitrogen and oxygen atoms in total. The average molecular weight is 421 g/mol. The van der Waals surface area contributed by atoms with Crippen LogP contribution in [0.5, 0.6) is 0 Å². The molecule has 0 saturated heterocycles. The van der Waals surface area contributed by atoms with Crippen LogP contribution in [-0.2, 0) is 21.2 Å². The molecule has 3 rings (SSSR count). The van der Waals surface area contributed by atoms with Crippen molar-refractivity contribution in [1.82, 2.24) is 4.57 Å². The molecule has 0 spiro atoms. The van der Waals surface area contributed by atoms with Gasteiger partial charge in [-0.3, -0.25) is 4.79 Å². The summed E-state index contributed by atoms with van der Waals surface area (Å²) in [5.41, 5.74) is 1.81. The zero-order valence-electron chi connectivity index (χ0n) is 15.7. The zero-order valence-corrected chi connectivity index (χ0v) is 17.3. The summed E-state index contributed by atoms with van der Waals surface area (Å²) in [6.07, 6.45) is 0.238. The second-order valence-electron chi connectivity index (χ2n) is 6.48. The Labute approximate surface area is 167 Å². The summed E-state index contributed by atoms with van der Waals surface area (Å²) >= 11 is 1.25. The van der Waals surface area contributed by atoms with E-state index in [1.54, 1.807) is 30.3 Å². The summed E-state index contributed by atoms with van der Waals surface area (Å²) < 4.78 is 40.7. The minimum absolute atomic E-state index is 0.0391. The molecule has 0 aliphatic rings. The fourth-order valence-corrected chi connectivity index (χ4v) is 5.32. The largest absolute Gasteiger partial charge is 0.317 e. The Morgan fingerprint density at radius 1 is 1.18 bits per heavy atom. The van der Waals surface area contributed by atoms with Gasteiger partial charge in [0.15, 0.2) is 14.6 Å². The van der Waals surface area contributed by atoms with Crippen LogP contribution in [0, 0.1) is 12.7 Å². The molecule has 1 amide bonds. The van der Waals surface area contributed by atoms with E-state index in [9.17, 15) is 17.6 Å². The predicted octanol–water partition coefficient (Wildman–Crippen LogP) is 3.85. The fraction of sp³-hybridized carbons (Fsp3) is 0.300. The number of nitrogens with zero attached hydrogens (tertiary/aromatic N) is 2. The van der Waals surface area contributed by atoms with E-state index in [1.165, 1.54) is 23.5 Å². The SMILES string of the molecule is CCn1c(=NC(=O)CCCS(=O)(=O)c2ccc(C)cc2)sc2cc(F)ccc21. The molecule has 28 heavy (non-hydrogen) atoms. The van der Waals surface area contributed by atoms with Gasteiger partial charge in [-0.2, -0.15) is 4.99 Å². The molecule has 0 aliphatic heterocycles. The van der Waals surface area contributed by atoms with Gasteiger partial charge in [-0.05, 0) is 50.6 Å². The van der Waals surface area contributed by atoms with Crippen LogP contribution in [0.2, 0.25) is 0 Å². The molecule has 0 N–H and O–H groups in total. The summed E-state index contributed by atoms with van der Waals surface area (Å²) in [5.74, 6) is -0.826. The lowest BCUT2D eigenvalue weighted by molar-refractivity contribution is -0.118. The van der Waals surface area contributed by atoms with Crippen LogP contribution in [0.1, 0.15) is 25.3 Å². The molecule has 0 aliphatic carbocycles. The van der Waals surface area contributed by atoms with Crippen molar-refractivity contribution in [2.45, 2.75) is 38.1 Å². The summed E-state index contributed by atoms with van der Waals surface area (Å²) in [6, 6.07) is 11.1. The van der Waals surface area contributed by atoms with Gasteiger partial charge in [0.1, 0.15) is 5.82 Å². The number of aromatic nitrogens is 1. The highest BCUT2D eigenvalue weighted by molar-refractivity contribution is 7.91. The van der Waals surface area contributed by atoms with Crippen LogP contribution in [0.15, 0.2) is 52.4 Å². The zero-order chi connectivity index (χ0) is 20.3. The number of thiazole rings is 1. The van der Waals surface area contributed by atoms with Gasteiger partial charge < -0.3 is 4.57 Å².